The Labute approximate surface area is 204 Å². The van der Waals surface area contributed by atoms with Gasteiger partial charge in [0.25, 0.3) is 10.0 Å². The second-order valence-corrected chi connectivity index (χ2v) is 9.08. The predicted molar refractivity (Wildman–Crippen MR) is 137 cm³/mol. The Bertz CT molecular complexity index is 1450. The molecule has 0 aliphatic rings. The number of anilines is 2. The molecule has 174 valence electrons. The lowest BCUT2D eigenvalue weighted by Gasteiger charge is -2.13. The van der Waals surface area contributed by atoms with E-state index in [1.54, 1.807) is 54.9 Å². The highest BCUT2D eigenvalue weighted by Gasteiger charge is 2.19. The van der Waals surface area contributed by atoms with Crippen molar-refractivity contribution in [2.75, 3.05) is 10.0 Å². The molecule has 35 heavy (non-hydrogen) atoms. The number of hydrogen-bond acceptors (Lipinski definition) is 5. The summed E-state index contributed by atoms with van der Waals surface area (Å²) in [7, 11) is -3.83. The van der Waals surface area contributed by atoms with Crippen LogP contribution in [0.15, 0.2) is 113 Å². The molecule has 0 radical (unpaired) electrons. The van der Waals surface area contributed by atoms with E-state index in [0.29, 0.717) is 23.5 Å². The van der Waals surface area contributed by atoms with Gasteiger partial charge < -0.3 is 5.32 Å². The number of nitrogens with one attached hydrogen (secondary N) is 3. The molecule has 0 aliphatic carbocycles. The number of rotatable bonds is 7. The molecule has 0 atom stereocenters. The fourth-order valence-electron chi connectivity index (χ4n) is 3.35. The topological polar surface area (TPSA) is 119 Å². The maximum absolute atomic E-state index is 13.2. The van der Waals surface area contributed by atoms with Crippen LogP contribution in [0.3, 0.4) is 0 Å². The number of sulfonamides is 1. The number of nitriles is 1. The minimum absolute atomic E-state index is 0.191. The van der Waals surface area contributed by atoms with Crippen molar-refractivity contribution in [3.8, 4) is 17.3 Å². The van der Waals surface area contributed by atoms with Gasteiger partial charge in [0.15, 0.2) is 6.19 Å². The van der Waals surface area contributed by atoms with Crippen LogP contribution < -0.4 is 15.4 Å². The Morgan fingerprint density at radius 3 is 2.31 bits per heavy atom. The van der Waals surface area contributed by atoms with Gasteiger partial charge in [-0.05, 0) is 47.5 Å². The van der Waals surface area contributed by atoms with Gasteiger partial charge in [-0.15, -0.1) is 0 Å². The van der Waals surface area contributed by atoms with Crippen molar-refractivity contribution in [1.82, 2.24) is 10.3 Å². The standard InChI is InChI=1S/C26H22N6O2S/c27-19-30-26(29-18-20-7-6-16-28-17-20)31-22-12-14-23(15-13-22)32-35(33,34)25-11-5-4-10-24(25)21-8-2-1-3-9-21/h1-17,32H,18H2,(H2,29,30,31). The molecule has 0 aliphatic heterocycles. The van der Waals surface area contributed by atoms with Crippen LogP contribution in [0, 0.1) is 11.5 Å². The molecule has 0 spiro atoms. The average molecular weight is 483 g/mol. The summed E-state index contributed by atoms with van der Waals surface area (Å²) in [6.07, 6.45) is 5.23. The molecule has 0 bridgehead atoms. The summed E-state index contributed by atoms with van der Waals surface area (Å²) in [6.45, 7) is 0.337. The number of nitrogens with zero attached hydrogens (tertiary/aromatic N) is 3. The minimum Gasteiger partial charge on any atom is -0.326 e. The Hall–Kier alpha value is -4.68. The Balaban J connectivity index is 1.49. The van der Waals surface area contributed by atoms with Crippen molar-refractivity contribution in [2.24, 2.45) is 4.99 Å². The molecule has 4 rings (SSSR count). The van der Waals surface area contributed by atoms with E-state index in [2.05, 4.69) is 25.3 Å². The quantitative estimate of drug-likeness (QED) is 0.153. The maximum Gasteiger partial charge on any atom is 0.262 e. The number of aromatic nitrogens is 1. The van der Waals surface area contributed by atoms with Crippen molar-refractivity contribution >= 4 is 27.4 Å². The van der Waals surface area contributed by atoms with Gasteiger partial charge >= 0.3 is 0 Å². The van der Waals surface area contributed by atoms with E-state index in [9.17, 15) is 8.42 Å². The zero-order chi connectivity index (χ0) is 24.5. The molecular formula is C26H22N6O2S. The molecule has 0 unspecified atom stereocenters. The first kappa shape index (κ1) is 23.5. The monoisotopic (exact) mass is 482 g/mol. The second-order valence-electron chi connectivity index (χ2n) is 7.43. The van der Waals surface area contributed by atoms with Gasteiger partial charge in [0.05, 0.1) is 11.4 Å². The Morgan fingerprint density at radius 1 is 0.886 bits per heavy atom. The fraction of sp³-hybridized carbons (Fsp3) is 0.0385. The lowest BCUT2D eigenvalue weighted by Crippen LogP contribution is -2.26. The zero-order valence-electron chi connectivity index (χ0n) is 18.6. The van der Waals surface area contributed by atoms with E-state index in [0.717, 1.165) is 11.1 Å². The van der Waals surface area contributed by atoms with Crippen LogP contribution >= 0.6 is 0 Å². The van der Waals surface area contributed by atoms with Crippen LogP contribution in [0.25, 0.3) is 11.1 Å². The van der Waals surface area contributed by atoms with E-state index in [1.165, 1.54) is 0 Å². The minimum atomic E-state index is -3.83. The number of aliphatic imine (C=N–C) groups is 1. The molecule has 1 aromatic heterocycles. The second kappa shape index (κ2) is 11.0. The van der Waals surface area contributed by atoms with Crippen molar-refractivity contribution in [2.45, 2.75) is 11.4 Å². The van der Waals surface area contributed by atoms with E-state index in [4.69, 9.17) is 5.26 Å². The summed E-state index contributed by atoms with van der Waals surface area (Å²) in [5, 5.41) is 14.6. The first-order chi connectivity index (χ1) is 17.0. The van der Waals surface area contributed by atoms with Gasteiger partial charge in [0.2, 0.25) is 5.96 Å². The van der Waals surface area contributed by atoms with Crippen LogP contribution in [0.4, 0.5) is 11.4 Å². The zero-order valence-corrected chi connectivity index (χ0v) is 19.4. The van der Waals surface area contributed by atoms with Gasteiger partial charge in [-0.3, -0.25) is 15.0 Å². The molecule has 0 saturated heterocycles. The van der Waals surface area contributed by atoms with Crippen molar-refractivity contribution in [3.05, 3.63) is 109 Å². The summed E-state index contributed by atoms with van der Waals surface area (Å²) < 4.78 is 29.0. The maximum atomic E-state index is 13.2. The van der Waals surface area contributed by atoms with Gasteiger partial charge in [-0.25, -0.2) is 13.4 Å². The Morgan fingerprint density at radius 2 is 1.60 bits per heavy atom. The number of pyridine rings is 1. The molecule has 4 aromatic rings. The van der Waals surface area contributed by atoms with Gasteiger partial charge in [0, 0.05) is 29.3 Å². The predicted octanol–water partition coefficient (Wildman–Crippen LogP) is 4.59. The lowest BCUT2D eigenvalue weighted by atomic mass is 10.1. The van der Waals surface area contributed by atoms with Crippen molar-refractivity contribution in [1.29, 1.82) is 5.26 Å². The molecule has 0 amide bonds. The third-order valence-corrected chi connectivity index (χ3v) is 6.42. The van der Waals surface area contributed by atoms with E-state index >= 15 is 0 Å². The molecule has 0 saturated carbocycles. The number of guanidine groups is 1. The number of hydrogen-bond donors (Lipinski definition) is 3. The molecule has 0 fully saturated rings. The fourth-order valence-corrected chi connectivity index (χ4v) is 4.64. The molecular weight excluding hydrogens is 460 g/mol. The normalized spacial score (nSPS) is 11.3. The van der Waals surface area contributed by atoms with Crippen LogP contribution in [0.2, 0.25) is 0 Å². The average Bonchev–Trinajstić information content (AvgIpc) is 2.89. The summed E-state index contributed by atoms with van der Waals surface area (Å²) in [4.78, 5) is 8.60. The molecule has 3 aromatic carbocycles. The summed E-state index contributed by atoms with van der Waals surface area (Å²) in [5.41, 5.74) is 3.37. The van der Waals surface area contributed by atoms with Gasteiger partial charge in [-0.2, -0.15) is 5.26 Å². The van der Waals surface area contributed by atoms with E-state index in [-0.39, 0.29) is 10.9 Å². The highest BCUT2D eigenvalue weighted by molar-refractivity contribution is 7.92. The number of benzene rings is 3. The smallest absolute Gasteiger partial charge is 0.262 e. The SMILES string of the molecule is N#CNC(=NCc1cccnc1)Nc1ccc(NS(=O)(=O)c2ccccc2-c2ccccc2)cc1. The van der Waals surface area contributed by atoms with E-state index in [1.807, 2.05) is 54.7 Å². The molecule has 1 heterocycles. The van der Waals surface area contributed by atoms with Crippen LogP contribution in [-0.2, 0) is 16.6 Å². The summed E-state index contributed by atoms with van der Waals surface area (Å²) in [5.74, 6) is 0.265. The van der Waals surface area contributed by atoms with Crippen molar-refractivity contribution < 1.29 is 8.42 Å². The van der Waals surface area contributed by atoms with Crippen LogP contribution in [0.1, 0.15) is 5.56 Å². The summed E-state index contributed by atoms with van der Waals surface area (Å²) in [6, 6.07) is 26.6. The van der Waals surface area contributed by atoms with Gasteiger partial charge in [0.1, 0.15) is 0 Å². The van der Waals surface area contributed by atoms with Crippen LogP contribution in [-0.4, -0.2) is 19.4 Å². The first-order valence-electron chi connectivity index (χ1n) is 10.7. The van der Waals surface area contributed by atoms with Crippen LogP contribution in [0.5, 0.6) is 0 Å². The Kier molecular flexibility index (Phi) is 7.35. The molecule has 3 N–H and O–H groups in total. The van der Waals surface area contributed by atoms with Crippen molar-refractivity contribution in [3.63, 3.8) is 0 Å². The molecule has 8 nitrogen and oxygen atoms in total. The highest BCUT2D eigenvalue weighted by atomic mass is 32.2. The largest absolute Gasteiger partial charge is 0.326 e. The molecule has 9 heteroatoms. The van der Waals surface area contributed by atoms with Gasteiger partial charge in [-0.1, -0.05) is 54.6 Å². The first-order valence-corrected chi connectivity index (χ1v) is 12.2. The lowest BCUT2D eigenvalue weighted by molar-refractivity contribution is 0.601. The van der Waals surface area contributed by atoms with E-state index < -0.39 is 10.0 Å². The highest BCUT2D eigenvalue weighted by Crippen LogP contribution is 2.28. The third kappa shape index (κ3) is 6.22. The summed E-state index contributed by atoms with van der Waals surface area (Å²) >= 11 is 0. The third-order valence-electron chi connectivity index (χ3n) is 4.98.